The first-order valence-electron chi connectivity index (χ1n) is 5.77. The fourth-order valence-corrected chi connectivity index (χ4v) is 1.90. The molecule has 1 aromatic carbocycles. The maximum atomic E-state index is 5.79. The Bertz CT molecular complexity index is 346. The lowest BCUT2D eigenvalue weighted by molar-refractivity contribution is 0.0315. The van der Waals surface area contributed by atoms with Crippen LogP contribution in [0.2, 0.25) is 0 Å². The molecular weight excluding hydrogens is 202 g/mol. The molecule has 1 saturated heterocycles. The largest absolute Gasteiger partial charge is 0.379 e. The van der Waals surface area contributed by atoms with Crippen LogP contribution in [0.15, 0.2) is 18.2 Å². The molecule has 2 rings (SSSR count). The van der Waals surface area contributed by atoms with Crippen molar-refractivity contribution in [3.05, 3.63) is 34.9 Å². The maximum Gasteiger partial charge on any atom is 0.0834 e. The number of ether oxygens (including phenoxy) is 2. The van der Waals surface area contributed by atoms with Crippen molar-refractivity contribution in [2.24, 2.45) is 5.73 Å². The van der Waals surface area contributed by atoms with Gasteiger partial charge in [-0.15, -0.1) is 0 Å². The van der Waals surface area contributed by atoms with Crippen molar-refractivity contribution in [1.82, 2.24) is 0 Å². The molecule has 2 N–H and O–H groups in total. The molecule has 1 aliphatic rings. The highest BCUT2D eigenvalue weighted by Crippen LogP contribution is 2.15. The van der Waals surface area contributed by atoms with E-state index in [0.29, 0.717) is 13.2 Å². The van der Waals surface area contributed by atoms with Crippen LogP contribution in [0.25, 0.3) is 0 Å². The van der Waals surface area contributed by atoms with Crippen molar-refractivity contribution in [3.63, 3.8) is 0 Å². The van der Waals surface area contributed by atoms with E-state index >= 15 is 0 Å². The van der Waals surface area contributed by atoms with Gasteiger partial charge in [-0.05, 0) is 30.0 Å². The van der Waals surface area contributed by atoms with E-state index < -0.39 is 0 Å². The van der Waals surface area contributed by atoms with Crippen molar-refractivity contribution >= 4 is 0 Å². The van der Waals surface area contributed by atoms with Gasteiger partial charge in [-0.1, -0.05) is 18.2 Å². The molecule has 0 radical (unpaired) electrons. The first-order chi connectivity index (χ1) is 7.79. The Morgan fingerprint density at radius 3 is 3.00 bits per heavy atom. The average molecular weight is 221 g/mol. The predicted octanol–water partition coefficient (Wildman–Crippen LogP) is 1.76. The molecule has 1 unspecified atom stereocenters. The molecule has 0 bridgehead atoms. The highest BCUT2D eigenvalue weighted by Gasteiger charge is 2.16. The third kappa shape index (κ3) is 2.82. The summed E-state index contributed by atoms with van der Waals surface area (Å²) in [7, 11) is 0. The molecule has 1 fully saturated rings. The van der Waals surface area contributed by atoms with E-state index in [1.807, 2.05) is 0 Å². The van der Waals surface area contributed by atoms with E-state index in [9.17, 15) is 0 Å². The van der Waals surface area contributed by atoms with E-state index in [-0.39, 0.29) is 6.10 Å². The number of nitrogens with two attached hydrogens (primary N) is 1. The number of hydrogen-bond acceptors (Lipinski definition) is 3. The summed E-state index contributed by atoms with van der Waals surface area (Å²) in [5, 5.41) is 0. The lowest BCUT2D eigenvalue weighted by atomic mass is 10.1. The second kappa shape index (κ2) is 5.43. The molecule has 0 aromatic heterocycles. The molecule has 0 saturated carbocycles. The zero-order valence-electron chi connectivity index (χ0n) is 9.74. The SMILES string of the molecule is Cc1cc(CN)ccc1COC1CCOC1. The van der Waals surface area contributed by atoms with Crippen LogP contribution >= 0.6 is 0 Å². The van der Waals surface area contributed by atoms with Gasteiger partial charge in [-0.3, -0.25) is 0 Å². The fourth-order valence-electron chi connectivity index (χ4n) is 1.90. The molecule has 16 heavy (non-hydrogen) atoms. The molecule has 0 spiro atoms. The number of aryl methyl sites for hydroxylation is 1. The molecule has 1 atom stereocenters. The number of rotatable bonds is 4. The molecule has 0 amide bonds. The minimum Gasteiger partial charge on any atom is -0.379 e. The highest BCUT2D eigenvalue weighted by atomic mass is 16.5. The van der Waals surface area contributed by atoms with Gasteiger partial charge in [0.15, 0.2) is 0 Å². The van der Waals surface area contributed by atoms with Crippen molar-refractivity contribution in [2.75, 3.05) is 13.2 Å². The summed E-state index contributed by atoms with van der Waals surface area (Å²) in [5.41, 5.74) is 9.26. The van der Waals surface area contributed by atoms with Crippen LogP contribution in [0, 0.1) is 6.92 Å². The maximum absolute atomic E-state index is 5.79. The zero-order chi connectivity index (χ0) is 11.4. The minimum atomic E-state index is 0.272. The molecule has 1 aromatic rings. The monoisotopic (exact) mass is 221 g/mol. The molecule has 1 heterocycles. The van der Waals surface area contributed by atoms with Crippen molar-refractivity contribution in [3.8, 4) is 0 Å². The molecule has 3 heteroatoms. The first-order valence-corrected chi connectivity index (χ1v) is 5.77. The summed E-state index contributed by atoms with van der Waals surface area (Å²) in [6, 6.07) is 6.30. The highest BCUT2D eigenvalue weighted by molar-refractivity contribution is 5.30. The molecule has 1 aliphatic heterocycles. The summed E-state index contributed by atoms with van der Waals surface area (Å²) in [4.78, 5) is 0. The summed E-state index contributed by atoms with van der Waals surface area (Å²) in [5.74, 6) is 0. The normalized spacial score (nSPS) is 20.2. The van der Waals surface area contributed by atoms with E-state index in [1.165, 1.54) is 16.7 Å². The van der Waals surface area contributed by atoms with Gasteiger partial charge in [0, 0.05) is 13.2 Å². The molecule has 3 nitrogen and oxygen atoms in total. The first kappa shape index (κ1) is 11.6. The molecule has 88 valence electrons. The summed E-state index contributed by atoms with van der Waals surface area (Å²) in [6.07, 6.45) is 1.29. The van der Waals surface area contributed by atoms with Crippen LogP contribution in [0.3, 0.4) is 0 Å². The lowest BCUT2D eigenvalue weighted by Gasteiger charge is -2.12. The summed E-state index contributed by atoms with van der Waals surface area (Å²) >= 11 is 0. The predicted molar refractivity (Wildman–Crippen MR) is 63.1 cm³/mol. The van der Waals surface area contributed by atoms with Crippen LogP contribution in [-0.4, -0.2) is 19.3 Å². The third-order valence-corrected chi connectivity index (χ3v) is 3.01. The number of hydrogen-bond donors (Lipinski definition) is 1. The lowest BCUT2D eigenvalue weighted by Crippen LogP contribution is -2.12. The van der Waals surface area contributed by atoms with Gasteiger partial charge in [-0.25, -0.2) is 0 Å². The van der Waals surface area contributed by atoms with Gasteiger partial charge in [0.2, 0.25) is 0 Å². The van der Waals surface area contributed by atoms with Gasteiger partial charge >= 0.3 is 0 Å². The zero-order valence-corrected chi connectivity index (χ0v) is 9.74. The second-order valence-corrected chi connectivity index (χ2v) is 4.26. The quantitative estimate of drug-likeness (QED) is 0.842. The molecule has 0 aliphatic carbocycles. The van der Waals surface area contributed by atoms with Crippen LogP contribution in [-0.2, 0) is 22.6 Å². The summed E-state index contributed by atoms with van der Waals surface area (Å²) in [6.45, 7) is 4.93. The smallest absolute Gasteiger partial charge is 0.0834 e. The van der Waals surface area contributed by atoms with E-state index in [4.69, 9.17) is 15.2 Å². The van der Waals surface area contributed by atoms with E-state index in [2.05, 4.69) is 25.1 Å². The Hall–Kier alpha value is -0.900. The fraction of sp³-hybridized carbons (Fsp3) is 0.538. The van der Waals surface area contributed by atoms with Gasteiger partial charge < -0.3 is 15.2 Å². The van der Waals surface area contributed by atoms with Gasteiger partial charge in [0.1, 0.15) is 0 Å². The van der Waals surface area contributed by atoms with Crippen molar-refractivity contribution < 1.29 is 9.47 Å². The summed E-state index contributed by atoms with van der Waals surface area (Å²) < 4.78 is 11.1. The topological polar surface area (TPSA) is 44.5 Å². The van der Waals surface area contributed by atoms with Crippen LogP contribution in [0.1, 0.15) is 23.1 Å². The van der Waals surface area contributed by atoms with E-state index in [1.54, 1.807) is 0 Å². The Kier molecular flexibility index (Phi) is 3.93. The molecular formula is C13H19NO2. The van der Waals surface area contributed by atoms with Crippen molar-refractivity contribution in [2.45, 2.75) is 32.6 Å². The standard InChI is InChI=1S/C13H19NO2/c1-10-6-11(7-14)2-3-12(10)8-16-13-4-5-15-9-13/h2-3,6,13H,4-5,7-9,14H2,1H3. The Balaban J connectivity index is 1.93. The third-order valence-electron chi connectivity index (χ3n) is 3.01. The average Bonchev–Trinajstić information content (AvgIpc) is 2.80. The Morgan fingerprint density at radius 1 is 1.50 bits per heavy atom. The van der Waals surface area contributed by atoms with Crippen LogP contribution in [0.5, 0.6) is 0 Å². The van der Waals surface area contributed by atoms with E-state index in [0.717, 1.165) is 19.6 Å². The Labute approximate surface area is 96.5 Å². The van der Waals surface area contributed by atoms with Gasteiger partial charge in [-0.2, -0.15) is 0 Å². The minimum absolute atomic E-state index is 0.272. The van der Waals surface area contributed by atoms with Crippen LogP contribution < -0.4 is 5.73 Å². The van der Waals surface area contributed by atoms with Gasteiger partial charge in [0.05, 0.1) is 19.3 Å². The van der Waals surface area contributed by atoms with Crippen LogP contribution in [0.4, 0.5) is 0 Å². The van der Waals surface area contributed by atoms with Crippen molar-refractivity contribution in [1.29, 1.82) is 0 Å². The Morgan fingerprint density at radius 2 is 2.38 bits per heavy atom. The van der Waals surface area contributed by atoms with Gasteiger partial charge in [0.25, 0.3) is 0 Å². The second-order valence-electron chi connectivity index (χ2n) is 4.26. The number of benzene rings is 1.